The minimum atomic E-state index is 0.834. The van der Waals surface area contributed by atoms with Gasteiger partial charge in [-0.1, -0.05) is 39.5 Å². The van der Waals surface area contributed by atoms with Gasteiger partial charge in [0, 0.05) is 6.04 Å². The van der Waals surface area contributed by atoms with Crippen LogP contribution in [0.5, 0.6) is 0 Å². The predicted molar refractivity (Wildman–Crippen MR) is 75.2 cm³/mol. The topological polar surface area (TPSA) is 12.0 Å². The molecular formula is C16H31N. The van der Waals surface area contributed by atoms with Crippen LogP contribution in [0.3, 0.4) is 0 Å². The highest BCUT2D eigenvalue weighted by Crippen LogP contribution is 2.38. The van der Waals surface area contributed by atoms with Crippen molar-refractivity contribution in [2.75, 3.05) is 6.54 Å². The van der Waals surface area contributed by atoms with Crippen molar-refractivity contribution in [1.29, 1.82) is 0 Å². The van der Waals surface area contributed by atoms with Crippen LogP contribution in [0.2, 0.25) is 0 Å². The fourth-order valence-corrected chi connectivity index (χ4v) is 4.07. The molecule has 2 aliphatic rings. The summed E-state index contributed by atoms with van der Waals surface area (Å²) in [5, 5.41) is 3.63. The molecule has 1 heteroatoms. The third-order valence-corrected chi connectivity index (χ3v) is 5.23. The molecule has 0 spiro atoms. The summed E-state index contributed by atoms with van der Waals surface area (Å²) in [4.78, 5) is 0. The van der Waals surface area contributed by atoms with Gasteiger partial charge in [0.15, 0.2) is 0 Å². The maximum absolute atomic E-state index is 3.63. The van der Waals surface area contributed by atoms with Gasteiger partial charge in [-0.05, 0) is 56.4 Å². The Labute approximate surface area is 108 Å². The van der Waals surface area contributed by atoms with E-state index in [-0.39, 0.29) is 0 Å². The zero-order valence-corrected chi connectivity index (χ0v) is 11.9. The van der Waals surface area contributed by atoms with Crippen molar-refractivity contribution in [3.8, 4) is 0 Å². The molecule has 1 N–H and O–H groups in total. The first-order valence-electron chi connectivity index (χ1n) is 8.03. The van der Waals surface area contributed by atoms with Crippen LogP contribution in [-0.2, 0) is 0 Å². The van der Waals surface area contributed by atoms with Gasteiger partial charge in [-0.2, -0.15) is 0 Å². The van der Waals surface area contributed by atoms with E-state index in [1.165, 1.54) is 57.8 Å². The lowest BCUT2D eigenvalue weighted by Crippen LogP contribution is -2.34. The number of hydrogen-bond acceptors (Lipinski definition) is 1. The highest BCUT2D eigenvalue weighted by Gasteiger charge is 2.28. The third-order valence-electron chi connectivity index (χ3n) is 5.23. The fourth-order valence-electron chi connectivity index (χ4n) is 4.07. The normalized spacial score (nSPS) is 39.9. The molecule has 0 amide bonds. The van der Waals surface area contributed by atoms with Gasteiger partial charge in [0.25, 0.3) is 0 Å². The van der Waals surface area contributed by atoms with E-state index in [4.69, 9.17) is 0 Å². The molecule has 2 saturated carbocycles. The Bertz CT molecular complexity index is 206. The molecule has 0 aromatic carbocycles. The van der Waals surface area contributed by atoms with Crippen molar-refractivity contribution in [3.05, 3.63) is 0 Å². The van der Waals surface area contributed by atoms with Crippen molar-refractivity contribution in [3.63, 3.8) is 0 Å². The van der Waals surface area contributed by atoms with Crippen LogP contribution in [0.15, 0.2) is 0 Å². The third kappa shape index (κ3) is 3.98. The largest absolute Gasteiger partial charge is 0.314 e. The summed E-state index contributed by atoms with van der Waals surface area (Å²) >= 11 is 0. The minimum Gasteiger partial charge on any atom is -0.314 e. The molecule has 17 heavy (non-hydrogen) atoms. The van der Waals surface area contributed by atoms with Crippen LogP contribution in [0, 0.1) is 17.8 Å². The molecule has 0 saturated heterocycles. The molecule has 0 aromatic heterocycles. The Kier molecular flexibility index (Phi) is 5.34. The maximum Gasteiger partial charge on any atom is 0.00671 e. The summed E-state index contributed by atoms with van der Waals surface area (Å²) in [7, 11) is 0. The van der Waals surface area contributed by atoms with Crippen molar-refractivity contribution in [1.82, 2.24) is 5.32 Å². The van der Waals surface area contributed by atoms with Crippen LogP contribution >= 0.6 is 0 Å². The molecule has 2 atom stereocenters. The monoisotopic (exact) mass is 237 g/mol. The minimum absolute atomic E-state index is 0.834. The highest BCUT2D eigenvalue weighted by molar-refractivity contribution is 4.82. The number of nitrogens with one attached hydrogen (secondary N) is 1. The van der Waals surface area contributed by atoms with Crippen LogP contribution in [0.1, 0.15) is 71.6 Å². The molecule has 1 nitrogen and oxygen atoms in total. The molecule has 0 aromatic rings. The summed E-state index contributed by atoms with van der Waals surface area (Å²) in [5.74, 6) is 3.14. The van der Waals surface area contributed by atoms with Crippen molar-refractivity contribution in [2.24, 2.45) is 17.8 Å². The van der Waals surface area contributed by atoms with E-state index < -0.39 is 0 Å². The van der Waals surface area contributed by atoms with Gasteiger partial charge in [0.1, 0.15) is 0 Å². The van der Waals surface area contributed by atoms with Crippen molar-refractivity contribution >= 4 is 0 Å². The smallest absolute Gasteiger partial charge is 0.00671 e. The van der Waals surface area contributed by atoms with E-state index in [1.807, 2.05) is 0 Å². The Balaban J connectivity index is 1.75. The Morgan fingerprint density at radius 2 is 1.47 bits per heavy atom. The van der Waals surface area contributed by atoms with Gasteiger partial charge in [-0.15, -0.1) is 0 Å². The quantitative estimate of drug-likeness (QED) is 0.719. The van der Waals surface area contributed by atoms with Gasteiger partial charge < -0.3 is 5.32 Å². The first kappa shape index (κ1) is 13.4. The second-order valence-electron chi connectivity index (χ2n) is 6.54. The maximum atomic E-state index is 3.63. The summed E-state index contributed by atoms with van der Waals surface area (Å²) < 4.78 is 0. The van der Waals surface area contributed by atoms with Crippen LogP contribution in [0.4, 0.5) is 0 Å². The second-order valence-corrected chi connectivity index (χ2v) is 6.54. The number of hydrogen-bond donors (Lipinski definition) is 1. The summed E-state index contributed by atoms with van der Waals surface area (Å²) in [6, 6.07) is 0.834. The molecule has 0 aliphatic heterocycles. The predicted octanol–water partition coefficient (Wildman–Crippen LogP) is 4.37. The van der Waals surface area contributed by atoms with E-state index in [1.54, 1.807) is 0 Å². The Hall–Kier alpha value is -0.0400. The van der Waals surface area contributed by atoms with Crippen LogP contribution in [-0.4, -0.2) is 12.6 Å². The first-order valence-corrected chi connectivity index (χ1v) is 8.03. The average molecular weight is 237 g/mol. The summed E-state index contributed by atoms with van der Waals surface area (Å²) in [5.41, 5.74) is 0. The second kappa shape index (κ2) is 6.78. The average Bonchev–Trinajstić information content (AvgIpc) is 2.56. The highest BCUT2D eigenvalue weighted by atomic mass is 14.9. The molecule has 0 heterocycles. The Morgan fingerprint density at radius 1 is 0.824 bits per heavy atom. The van der Waals surface area contributed by atoms with Crippen LogP contribution < -0.4 is 5.32 Å². The van der Waals surface area contributed by atoms with E-state index in [2.05, 4.69) is 19.2 Å². The van der Waals surface area contributed by atoms with Gasteiger partial charge in [0.2, 0.25) is 0 Å². The van der Waals surface area contributed by atoms with E-state index in [9.17, 15) is 0 Å². The summed E-state index contributed by atoms with van der Waals surface area (Å²) in [6.07, 6.45) is 13.4. The lowest BCUT2D eigenvalue weighted by Gasteiger charge is -2.34. The van der Waals surface area contributed by atoms with Crippen molar-refractivity contribution < 1.29 is 0 Å². The fraction of sp³-hybridized carbons (Fsp3) is 1.00. The Morgan fingerprint density at radius 3 is 2.18 bits per heavy atom. The van der Waals surface area contributed by atoms with Gasteiger partial charge in [-0.25, -0.2) is 0 Å². The molecule has 2 fully saturated rings. The van der Waals surface area contributed by atoms with Gasteiger partial charge in [-0.3, -0.25) is 0 Å². The van der Waals surface area contributed by atoms with Gasteiger partial charge in [0.05, 0.1) is 0 Å². The molecule has 2 aliphatic carbocycles. The lowest BCUT2D eigenvalue weighted by atomic mass is 9.75. The lowest BCUT2D eigenvalue weighted by molar-refractivity contribution is 0.200. The van der Waals surface area contributed by atoms with Crippen molar-refractivity contribution in [2.45, 2.75) is 77.7 Å². The molecule has 0 bridgehead atoms. The molecule has 2 unspecified atom stereocenters. The zero-order valence-electron chi connectivity index (χ0n) is 11.9. The first-order chi connectivity index (χ1) is 8.29. The zero-order chi connectivity index (χ0) is 12.1. The van der Waals surface area contributed by atoms with Gasteiger partial charge >= 0.3 is 0 Å². The summed E-state index contributed by atoms with van der Waals surface area (Å²) in [6.45, 7) is 5.83. The van der Waals surface area contributed by atoms with Crippen LogP contribution in [0.25, 0.3) is 0 Å². The standard InChI is InChI=1S/C16H31N/c1-3-17-16-11-9-15(10-12-16)14-6-4-5-13(2)7-8-14/h13-17H,3-12H2,1-2H3. The molecule has 2 rings (SSSR count). The van der Waals surface area contributed by atoms with E-state index in [0.717, 1.165) is 30.3 Å². The van der Waals surface area contributed by atoms with E-state index >= 15 is 0 Å². The molecule has 100 valence electrons. The molecular weight excluding hydrogens is 206 g/mol. The SMILES string of the molecule is CCNC1CCC(C2CCCC(C)CC2)CC1. The molecule has 0 radical (unpaired) electrons. The number of rotatable bonds is 3. The van der Waals surface area contributed by atoms with E-state index in [0.29, 0.717) is 0 Å².